The molecule has 7 heteroatoms. The van der Waals surface area contributed by atoms with E-state index in [2.05, 4.69) is 11.8 Å². The Morgan fingerprint density at radius 1 is 1.37 bits per heavy atom. The molecule has 3 aliphatic heterocycles. The molecule has 0 amide bonds. The lowest BCUT2D eigenvalue weighted by atomic mass is 9.70. The van der Waals surface area contributed by atoms with E-state index in [1.807, 2.05) is 18.2 Å². The first-order chi connectivity index (χ1) is 14.5. The highest BCUT2D eigenvalue weighted by Gasteiger charge is 2.54. The van der Waals surface area contributed by atoms with Crippen molar-refractivity contribution in [2.24, 2.45) is 16.8 Å². The van der Waals surface area contributed by atoms with Gasteiger partial charge in [0, 0.05) is 13.1 Å². The number of aliphatic hydroxyl groups is 1. The van der Waals surface area contributed by atoms with Crippen LogP contribution in [0.5, 0.6) is 5.75 Å². The van der Waals surface area contributed by atoms with Gasteiger partial charge in [0.25, 0.3) is 0 Å². The summed E-state index contributed by atoms with van der Waals surface area (Å²) in [6.07, 6.45) is 3.71. The maximum atomic E-state index is 12.5. The molecular formula is C23H30N2O5. The van der Waals surface area contributed by atoms with E-state index in [4.69, 9.17) is 19.2 Å². The van der Waals surface area contributed by atoms with Crippen LogP contribution in [-0.4, -0.2) is 62.1 Å². The normalized spacial score (nSPS) is 30.6. The molecule has 4 atom stereocenters. The number of aliphatic imine (C=N–C) groups is 1. The number of carbonyl (C=O) groups is 1. The third-order valence-corrected chi connectivity index (χ3v) is 6.92. The predicted molar refractivity (Wildman–Crippen MR) is 113 cm³/mol. The van der Waals surface area contributed by atoms with Crippen LogP contribution >= 0.6 is 0 Å². The number of benzene rings is 1. The van der Waals surface area contributed by atoms with Gasteiger partial charge in [-0.1, -0.05) is 19.4 Å². The second-order valence-corrected chi connectivity index (χ2v) is 8.28. The lowest BCUT2D eigenvalue weighted by Gasteiger charge is -2.50. The molecule has 4 rings (SSSR count). The summed E-state index contributed by atoms with van der Waals surface area (Å²) < 4.78 is 15.8. The molecule has 0 aromatic heterocycles. The summed E-state index contributed by atoms with van der Waals surface area (Å²) in [6, 6.07) is 5.63. The minimum absolute atomic E-state index is 0.0284. The van der Waals surface area contributed by atoms with Crippen LogP contribution in [0.3, 0.4) is 0 Å². The zero-order valence-corrected chi connectivity index (χ0v) is 18.1. The van der Waals surface area contributed by atoms with E-state index < -0.39 is 5.60 Å². The Morgan fingerprint density at radius 2 is 2.17 bits per heavy atom. The van der Waals surface area contributed by atoms with E-state index in [0.717, 1.165) is 36.5 Å². The van der Waals surface area contributed by atoms with E-state index in [9.17, 15) is 9.90 Å². The lowest BCUT2D eigenvalue weighted by Crippen LogP contribution is -2.60. The predicted octanol–water partition coefficient (Wildman–Crippen LogP) is 2.79. The van der Waals surface area contributed by atoms with Crippen LogP contribution in [0.4, 0.5) is 5.69 Å². The zero-order chi connectivity index (χ0) is 21.5. The number of hydrogen-bond donors (Lipinski definition) is 1. The highest BCUT2D eigenvalue weighted by atomic mass is 16.5. The largest absolute Gasteiger partial charge is 0.504 e. The van der Waals surface area contributed by atoms with Crippen molar-refractivity contribution in [2.45, 2.75) is 37.8 Å². The van der Waals surface area contributed by atoms with Crippen molar-refractivity contribution in [3.8, 4) is 5.75 Å². The molecule has 2 saturated heterocycles. The molecule has 3 heterocycles. The van der Waals surface area contributed by atoms with Gasteiger partial charge in [0.2, 0.25) is 0 Å². The SMILES string of the molecule is CCC1CN2CC[C@@]3(O)C(=Nc4cccc(OC)c43)C2CC1/C(=C/OC)C(=O)OC. The molecule has 30 heavy (non-hydrogen) atoms. The lowest BCUT2D eigenvalue weighted by molar-refractivity contribution is -0.137. The molecule has 3 aliphatic rings. The van der Waals surface area contributed by atoms with Gasteiger partial charge in [-0.25, -0.2) is 4.79 Å². The minimum atomic E-state index is -1.14. The third kappa shape index (κ3) is 3.11. The van der Waals surface area contributed by atoms with Crippen molar-refractivity contribution < 1.29 is 24.1 Å². The van der Waals surface area contributed by atoms with Crippen LogP contribution in [0.2, 0.25) is 0 Å². The van der Waals surface area contributed by atoms with Crippen LogP contribution in [0.15, 0.2) is 35.0 Å². The number of fused-ring (bicyclic) bond motifs is 5. The first-order valence-electron chi connectivity index (χ1n) is 10.5. The topological polar surface area (TPSA) is 80.6 Å². The van der Waals surface area contributed by atoms with Gasteiger partial charge in [0.15, 0.2) is 0 Å². The number of ether oxygens (including phenoxy) is 3. The molecule has 0 spiro atoms. The first-order valence-corrected chi connectivity index (χ1v) is 10.5. The van der Waals surface area contributed by atoms with Crippen LogP contribution in [0.25, 0.3) is 0 Å². The molecule has 0 saturated carbocycles. The monoisotopic (exact) mass is 414 g/mol. The van der Waals surface area contributed by atoms with Gasteiger partial charge in [0.1, 0.15) is 11.4 Å². The van der Waals surface area contributed by atoms with Crippen LogP contribution in [0, 0.1) is 11.8 Å². The Labute approximate surface area is 177 Å². The van der Waals surface area contributed by atoms with Gasteiger partial charge in [0.05, 0.1) is 56.2 Å². The second-order valence-electron chi connectivity index (χ2n) is 8.28. The standard InChI is InChI=1S/C23H30N2O5/c1-5-14-12-25-10-9-23(27)20-17(7-6-8-19(20)29-3)24-21(23)18(25)11-15(14)16(13-28-2)22(26)30-4/h6-8,13-15,18,27H,5,9-12H2,1-4H3/b16-13-/t14?,15?,18?,23-/m0/s1. The maximum Gasteiger partial charge on any atom is 0.337 e. The first kappa shape index (κ1) is 20.9. The summed E-state index contributed by atoms with van der Waals surface area (Å²) >= 11 is 0. The molecule has 1 aromatic carbocycles. The number of piperidine rings is 2. The smallest absolute Gasteiger partial charge is 0.337 e. The number of methoxy groups -OCH3 is 3. The number of hydrogen-bond acceptors (Lipinski definition) is 7. The second kappa shape index (κ2) is 8.04. The van der Waals surface area contributed by atoms with E-state index >= 15 is 0 Å². The summed E-state index contributed by atoms with van der Waals surface area (Å²) in [6.45, 7) is 3.75. The van der Waals surface area contributed by atoms with E-state index in [1.165, 1.54) is 13.4 Å². The van der Waals surface area contributed by atoms with Crippen LogP contribution in [-0.2, 0) is 19.9 Å². The molecule has 0 radical (unpaired) electrons. The number of nitrogens with zero attached hydrogens (tertiary/aromatic N) is 2. The fraction of sp³-hybridized carbons (Fsp3) is 0.565. The van der Waals surface area contributed by atoms with Gasteiger partial charge in [-0.05, 0) is 36.8 Å². The third-order valence-electron chi connectivity index (χ3n) is 6.92. The van der Waals surface area contributed by atoms with Gasteiger partial charge >= 0.3 is 5.97 Å². The molecule has 0 bridgehead atoms. The van der Waals surface area contributed by atoms with Crippen molar-refractivity contribution in [1.29, 1.82) is 0 Å². The average molecular weight is 415 g/mol. The van der Waals surface area contributed by atoms with E-state index in [0.29, 0.717) is 30.1 Å². The molecule has 3 unspecified atom stereocenters. The average Bonchev–Trinajstić information content (AvgIpc) is 3.09. The molecule has 7 nitrogen and oxygen atoms in total. The van der Waals surface area contributed by atoms with Gasteiger partial charge in [-0.15, -0.1) is 0 Å². The summed E-state index contributed by atoms with van der Waals surface area (Å²) in [5, 5.41) is 11.8. The van der Waals surface area contributed by atoms with E-state index in [1.54, 1.807) is 14.2 Å². The maximum absolute atomic E-state index is 12.5. The number of esters is 1. The van der Waals surface area contributed by atoms with Crippen molar-refractivity contribution in [1.82, 2.24) is 4.90 Å². The van der Waals surface area contributed by atoms with Crippen molar-refractivity contribution in [3.63, 3.8) is 0 Å². The molecular weight excluding hydrogens is 384 g/mol. The van der Waals surface area contributed by atoms with Crippen molar-refractivity contribution >= 4 is 17.4 Å². The minimum Gasteiger partial charge on any atom is -0.504 e. The Morgan fingerprint density at radius 3 is 2.83 bits per heavy atom. The van der Waals surface area contributed by atoms with Gasteiger partial charge in [-0.2, -0.15) is 0 Å². The molecule has 1 aromatic rings. The Kier molecular flexibility index (Phi) is 5.59. The van der Waals surface area contributed by atoms with Gasteiger partial charge < -0.3 is 19.3 Å². The summed E-state index contributed by atoms with van der Waals surface area (Å²) in [7, 11) is 4.56. The summed E-state index contributed by atoms with van der Waals surface area (Å²) in [4.78, 5) is 19.8. The Hall–Kier alpha value is -2.38. The number of rotatable bonds is 5. The van der Waals surface area contributed by atoms with Crippen molar-refractivity contribution in [3.05, 3.63) is 35.6 Å². The Bertz CT molecular complexity index is 896. The molecule has 1 N–H and O–H groups in total. The van der Waals surface area contributed by atoms with Crippen molar-refractivity contribution in [2.75, 3.05) is 34.4 Å². The number of carbonyl (C=O) groups excluding carboxylic acids is 1. The van der Waals surface area contributed by atoms with Crippen LogP contribution in [0.1, 0.15) is 31.7 Å². The quantitative estimate of drug-likeness (QED) is 0.453. The fourth-order valence-corrected chi connectivity index (χ4v) is 5.45. The zero-order valence-electron chi connectivity index (χ0n) is 18.1. The van der Waals surface area contributed by atoms with E-state index in [-0.39, 0.29) is 17.9 Å². The molecule has 0 aliphatic carbocycles. The summed E-state index contributed by atoms with van der Waals surface area (Å²) in [5.41, 5.74) is 1.70. The highest BCUT2D eigenvalue weighted by Crippen LogP contribution is 2.51. The molecule has 162 valence electrons. The highest BCUT2D eigenvalue weighted by molar-refractivity contribution is 6.05. The molecule has 2 fully saturated rings. The van der Waals surface area contributed by atoms with Gasteiger partial charge in [-0.3, -0.25) is 9.89 Å². The fourth-order valence-electron chi connectivity index (χ4n) is 5.45. The van der Waals surface area contributed by atoms with Crippen LogP contribution < -0.4 is 4.74 Å². The summed E-state index contributed by atoms with van der Waals surface area (Å²) in [5.74, 6) is 0.569. The Balaban J connectivity index is 1.72.